The number of nitrogens with two attached hydrogens (primary N) is 2. The van der Waals surface area contributed by atoms with E-state index in [2.05, 4.69) is 15.6 Å². The Kier molecular flexibility index (Phi) is 10.7. The van der Waals surface area contributed by atoms with E-state index in [-0.39, 0.29) is 19.3 Å². The first-order chi connectivity index (χ1) is 17.9. The molecule has 0 saturated carbocycles. The number of aromatic amines is 1. The summed E-state index contributed by atoms with van der Waals surface area (Å²) in [5.74, 6) is -6.73. The third-order valence-corrected chi connectivity index (χ3v) is 5.57. The van der Waals surface area contributed by atoms with Crippen molar-refractivity contribution in [1.82, 2.24) is 20.9 Å². The van der Waals surface area contributed by atoms with Crippen molar-refractivity contribution >= 4 is 46.5 Å². The Morgan fingerprint density at radius 1 is 0.895 bits per heavy atom. The predicted molar refractivity (Wildman–Crippen MR) is 131 cm³/mol. The van der Waals surface area contributed by atoms with Crippen LogP contribution in [0.4, 0.5) is 0 Å². The minimum absolute atomic E-state index is 0.0688. The molecule has 1 aromatic carbocycles. The Labute approximate surface area is 215 Å². The van der Waals surface area contributed by atoms with Crippen molar-refractivity contribution in [1.29, 1.82) is 0 Å². The number of primary amides is 1. The number of aliphatic hydroxyl groups excluding tert-OH is 1. The maximum atomic E-state index is 13.3. The van der Waals surface area contributed by atoms with Gasteiger partial charge in [0.1, 0.15) is 24.2 Å². The van der Waals surface area contributed by atoms with Crippen molar-refractivity contribution in [3.05, 3.63) is 36.0 Å². The zero-order chi connectivity index (χ0) is 28.4. The van der Waals surface area contributed by atoms with Crippen molar-refractivity contribution in [2.24, 2.45) is 11.5 Å². The molecule has 0 aliphatic carbocycles. The Morgan fingerprint density at radius 3 is 2.11 bits per heavy atom. The number of hydrogen-bond donors (Lipinski definition) is 9. The van der Waals surface area contributed by atoms with Crippen LogP contribution in [-0.2, 0) is 35.2 Å². The SMILES string of the molecule is NC(=O)CCC(NC(=O)C(Cc1c[nH]c2ccccc12)NC(=O)C(N)CO)C(=O)NC(CC(=O)O)C(=O)O. The molecule has 0 fully saturated rings. The van der Waals surface area contributed by atoms with E-state index in [9.17, 15) is 39.0 Å². The number of carboxylic acids is 2. The third kappa shape index (κ3) is 8.56. The smallest absolute Gasteiger partial charge is 0.326 e. The number of benzene rings is 1. The van der Waals surface area contributed by atoms with Gasteiger partial charge in [-0.2, -0.15) is 0 Å². The number of carboxylic acid groups (broad SMARTS) is 2. The summed E-state index contributed by atoms with van der Waals surface area (Å²) in [7, 11) is 0. The molecule has 38 heavy (non-hydrogen) atoms. The van der Waals surface area contributed by atoms with Gasteiger partial charge in [-0.15, -0.1) is 0 Å². The van der Waals surface area contributed by atoms with Crippen LogP contribution in [0.2, 0.25) is 0 Å². The Balaban J connectivity index is 2.30. The minimum atomic E-state index is -1.81. The molecule has 4 amide bonds. The number of para-hydroxylation sites is 1. The second-order valence-electron chi connectivity index (χ2n) is 8.48. The van der Waals surface area contributed by atoms with E-state index in [4.69, 9.17) is 16.6 Å². The molecule has 1 aromatic heterocycles. The topological polar surface area (TPSA) is 267 Å². The largest absolute Gasteiger partial charge is 0.481 e. The van der Waals surface area contributed by atoms with Crippen molar-refractivity contribution < 1.29 is 44.1 Å². The molecule has 15 nitrogen and oxygen atoms in total. The first-order valence-electron chi connectivity index (χ1n) is 11.5. The lowest BCUT2D eigenvalue weighted by Gasteiger charge is -2.24. The number of H-pyrrole nitrogens is 1. The lowest BCUT2D eigenvalue weighted by Crippen LogP contribution is -2.58. The summed E-state index contributed by atoms with van der Waals surface area (Å²) in [5, 5.41) is 34.9. The van der Waals surface area contributed by atoms with Gasteiger partial charge in [-0.3, -0.25) is 24.0 Å². The molecule has 2 rings (SSSR count). The van der Waals surface area contributed by atoms with Gasteiger partial charge < -0.3 is 47.7 Å². The third-order valence-electron chi connectivity index (χ3n) is 5.57. The lowest BCUT2D eigenvalue weighted by molar-refractivity contribution is -0.147. The number of aliphatic hydroxyl groups is 1. The number of rotatable bonds is 15. The molecule has 0 bridgehead atoms. The highest BCUT2D eigenvalue weighted by Gasteiger charge is 2.31. The molecule has 15 heteroatoms. The van der Waals surface area contributed by atoms with E-state index in [1.807, 2.05) is 5.32 Å². The van der Waals surface area contributed by atoms with Crippen LogP contribution >= 0.6 is 0 Å². The van der Waals surface area contributed by atoms with Crippen LogP contribution in [0.3, 0.4) is 0 Å². The number of carbonyl (C=O) groups excluding carboxylic acids is 4. The van der Waals surface area contributed by atoms with Crippen LogP contribution < -0.4 is 27.4 Å². The summed E-state index contributed by atoms with van der Waals surface area (Å²) < 4.78 is 0. The molecule has 4 atom stereocenters. The molecule has 0 saturated heterocycles. The fraction of sp³-hybridized carbons (Fsp3) is 0.391. The molecule has 0 radical (unpaired) electrons. The van der Waals surface area contributed by atoms with Gasteiger partial charge >= 0.3 is 11.9 Å². The molecule has 206 valence electrons. The minimum Gasteiger partial charge on any atom is -0.481 e. The van der Waals surface area contributed by atoms with Gasteiger partial charge in [-0.25, -0.2) is 4.79 Å². The highest BCUT2D eigenvalue weighted by molar-refractivity contribution is 5.95. The van der Waals surface area contributed by atoms with Gasteiger partial charge in [0.15, 0.2) is 0 Å². The average molecular weight is 535 g/mol. The molecule has 1 heterocycles. The van der Waals surface area contributed by atoms with Crippen LogP contribution in [0.15, 0.2) is 30.5 Å². The fourth-order valence-electron chi connectivity index (χ4n) is 3.57. The molecule has 4 unspecified atom stereocenters. The second-order valence-corrected chi connectivity index (χ2v) is 8.48. The molecule has 2 aromatic rings. The van der Waals surface area contributed by atoms with Crippen molar-refractivity contribution in [2.75, 3.05) is 6.61 Å². The molecular weight excluding hydrogens is 504 g/mol. The van der Waals surface area contributed by atoms with Crippen molar-refractivity contribution in [2.45, 2.75) is 49.9 Å². The number of aliphatic carboxylic acids is 2. The number of fused-ring (bicyclic) bond motifs is 1. The van der Waals surface area contributed by atoms with Crippen molar-refractivity contribution in [3.8, 4) is 0 Å². The van der Waals surface area contributed by atoms with Gasteiger partial charge in [0.2, 0.25) is 23.6 Å². The van der Waals surface area contributed by atoms with Crippen molar-refractivity contribution in [3.63, 3.8) is 0 Å². The average Bonchev–Trinajstić information content (AvgIpc) is 3.27. The number of nitrogens with one attached hydrogen (secondary N) is 4. The van der Waals surface area contributed by atoms with Crippen LogP contribution in [0.5, 0.6) is 0 Å². The van der Waals surface area contributed by atoms with E-state index in [1.165, 1.54) is 0 Å². The second kappa shape index (κ2) is 13.7. The van der Waals surface area contributed by atoms with E-state index >= 15 is 0 Å². The first kappa shape index (κ1) is 29.7. The fourth-order valence-corrected chi connectivity index (χ4v) is 3.57. The van der Waals surface area contributed by atoms with Gasteiger partial charge in [0, 0.05) is 29.9 Å². The van der Waals surface area contributed by atoms with Gasteiger partial charge in [-0.05, 0) is 18.1 Å². The summed E-state index contributed by atoms with van der Waals surface area (Å²) in [6, 6.07) is 1.20. The van der Waals surface area contributed by atoms with E-state index in [0.29, 0.717) is 5.56 Å². The van der Waals surface area contributed by atoms with E-state index in [1.54, 1.807) is 30.5 Å². The lowest BCUT2D eigenvalue weighted by atomic mass is 10.0. The maximum absolute atomic E-state index is 13.3. The molecule has 11 N–H and O–H groups in total. The molecule has 0 spiro atoms. The zero-order valence-corrected chi connectivity index (χ0v) is 20.2. The highest BCUT2D eigenvalue weighted by atomic mass is 16.4. The summed E-state index contributed by atoms with van der Waals surface area (Å²) in [5.41, 5.74) is 12.1. The van der Waals surface area contributed by atoms with Gasteiger partial charge in [0.25, 0.3) is 0 Å². The number of hydrogen-bond acceptors (Lipinski definition) is 8. The highest BCUT2D eigenvalue weighted by Crippen LogP contribution is 2.19. The van der Waals surface area contributed by atoms with Crippen LogP contribution in [0, 0.1) is 0 Å². The van der Waals surface area contributed by atoms with Gasteiger partial charge in [0.05, 0.1) is 13.0 Å². The summed E-state index contributed by atoms with van der Waals surface area (Å²) in [4.78, 5) is 75.1. The first-order valence-corrected chi connectivity index (χ1v) is 11.5. The van der Waals surface area contributed by atoms with E-state index < -0.39 is 72.8 Å². The van der Waals surface area contributed by atoms with Crippen LogP contribution in [-0.4, -0.2) is 86.6 Å². The number of aromatic nitrogens is 1. The standard InChI is InChI=1S/C23H30N6O9/c24-13(10-30)20(34)28-16(7-11-9-26-14-4-2-1-3-12(11)14)22(36)27-15(5-6-18(25)31)21(35)29-17(23(37)38)8-19(32)33/h1-4,9,13,15-17,26,30H,5-8,10,24H2,(H2,25,31)(H,27,36)(H,28,34)(H,29,35)(H,32,33)(H,37,38). The van der Waals surface area contributed by atoms with Gasteiger partial charge in [-0.1, -0.05) is 18.2 Å². The Hall–Kier alpha value is -4.50. The monoisotopic (exact) mass is 534 g/mol. The molecule has 0 aliphatic rings. The summed E-state index contributed by atoms with van der Waals surface area (Å²) >= 11 is 0. The number of carbonyl (C=O) groups is 6. The van der Waals surface area contributed by atoms with Crippen LogP contribution in [0.1, 0.15) is 24.8 Å². The molecular formula is C23H30N6O9. The number of amides is 4. The Bertz CT molecular complexity index is 1200. The van der Waals surface area contributed by atoms with E-state index in [0.717, 1.165) is 10.9 Å². The predicted octanol–water partition coefficient (Wildman–Crippen LogP) is -2.69. The zero-order valence-electron chi connectivity index (χ0n) is 20.2. The summed E-state index contributed by atoms with van der Waals surface area (Å²) in [6.45, 7) is -0.697. The summed E-state index contributed by atoms with van der Waals surface area (Å²) in [6.07, 6.45) is -0.0830. The quantitative estimate of drug-likeness (QED) is 0.114. The van der Waals surface area contributed by atoms with Crippen LogP contribution in [0.25, 0.3) is 10.9 Å². The maximum Gasteiger partial charge on any atom is 0.326 e. The Morgan fingerprint density at radius 2 is 1.50 bits per heavy atom. The molecule has 0 aliphatic heterocycles. The normalized spacial score (nSPS) is 14.1.